The molecule has 1 unspecified atom stereocenters. The van der Waals surface area contributed by atoms with E-state index < -0.39 is 0 Å². The van der Waals surface area contributed by atoms with Crippen LogP contribution in [0.5, 0.6) is 0 Å². The van der Waals surface area contributed by atoms with E-state index in [0.717, 1.165) is 35.8 Å². The minimum absolute atomic E-state index is 0. The second kappa shape index (κ2) is 5.89. The molecule has 5 nitrogen and oxygen atoms in total. The molecule has 1 aromatic carbocycles. The summed E-state index contributed by atoms with van der Waals surface area (Å²) in [5, 5.41) is 6.19. The van der Waals surface area contributed by atoms with Crippen molar-refractivity contribution in [2.24, 2.45) is 11.8 Å². The van der Waals surface area contributed by atoms with Crippen molar-refractivity contribution in [3.8, 4) is 0 Å². The molecule has 1 aromatic heterocycles. The van der Waals surface area contributed by atoms with Crippen molar-refractivity contribution >= 4 is 35.1 Å². The molecule has 1 aliphatic heterocycles. The number of oxazole rings is 1. The maximum atomic E-state index is 12.2. The lowest BCUT2D eigenvalue weighted by Gasteiger charge is -2.31. The molecular formula is C16H20ClN3O2. The summed E-state index contributed by atoms with van der Waals surface area (Å²) in [4.78, 5) is 16.7. The summed E-state index contributed by atoms with van der Waals surface area (Å²) >= 11 is 0. The van der Waals surface area contributed by atoms with Crippen LogP contribution in [-0.2, 0) is 4.79 Å². The number of halogens is 1. The lowest BCUT2D eigenvalue weighted by atomic mass is 9.88. The number of fused-ring (bicyclic) bond motifs is 1. The van der Waals surface area contributed by atoms with Gasteiger partial charge in [0, 0.05) is 17.5 Å². The minimum Gasteiger partial charge on any atom is -0.440 e. The normalized spacial score (nSPS) is 19.3. The topological polar surface area (TPSA) is 67.2 Å². The van der Waals surface area contributed by atoms with Crippen LogP contribution in [0.1, 0.15) is 31.6 Å². The zero-order valence-corrected chi connectivity index (χ0v) is 13.3. The highest BCUT2D eigenvalue weighted by Crippen LogP contribution is 2.40. The first-order valence-electron chi connectivity index (χ1n) is 7.63. The van der Waals surface area contributed by atoms with Gasteiger partial charge in [-0.2, -0.15) is 0 Å². The smallest absolute Gasteiger partial charge is 0.227 e. The Bertz CT molecular complexity index is 692. The number of hydrogen-bond acceptors (Lipinski definition) is 4. The Morgan fingerprint density at radius 3 is 2.82 bits per heavy atom. The fourth-order valence-corrected chi connectivity index (χ4v) is 2.66. The summed E-state index contributed by atoms with van der Waals surface area (Å²) in [6.45, 7) is 3.85. The monoisotopic (exact) mass is 321 g/mol. The second-order valence-electron chi connectivity index (χ2n) is 6.21. The van der Waals surface area contributed by atoms with Crippen LogP contribution in [0.3, 0.4) is 0 Å². The van der Waals surface area contributed by atoms with E-state index in [1.54, 1.807) is 0 Å². The zero-order chi connectivity index (χ0) is 14.4. The van der Waals surface area contributed by atoms with E-state index in [2.05, 4.69) is 15.6 Å². The second-order valence-corrected chi connectivity index (χ2v) is 6.21. The molecule has 6 heteroatoms. The summed E-state index contributed by atoms with van der Waals surface area (Å²) < 4.78 is 5.73. The molecule has 118 valence electrons. The van der Waals surface area contributed by atoms with Gasteiger partial charge in [0.25, 0.3) is 0 Å². The maximum absolute atomic E-state index is 12.2. The van der Waals surface area contributed by atoms with Crippen molar-refractivity contribution in [1.82, 2.24) is 10.3 Å². The third-order valence-electron chi connectivity index (χ3n) is 4.53. The zero-order valence-electron chi connectivity index (χ0n) is 12.5. The van der Waals surface area contributed by atoms with Crippen molar-refractivity contribution in [3.05, 3.63) is 24.1 Å². The molecule has 1 amide bonds. The molecule has 2 N–H and O–H groups in total. The number of carbonyl (C=O) groups excluding carboxylic acids is 1. The van der Waals surface area contributed by atoms with Crippen LogP contribution in [0.2, 0.25) is 0 Å². The fourth-order valence-electron chi connectivity index (χ4n) is 2.66. The quantitative estimate of drug-likeness (QED) is 0.908. The number of aromatic nitrogens is 1. The van der Waals surface area contributed by atoms with Crippen molar-refractivity contribution < 1.29 is 9.21 Å². The third-order valence-corrected chi connectivity index (χ3v) is 4.53. The van der Waals surface area contributed by atoms with E-state index in [0.29, 0.717) is 11.8 Å². The van der Waals surface area contributed by atoms with Crippen molar-refractivity contribution in [1.29, 1.82) is 0 Å². The Morgan fingerprint density at radius 2 is 2.18 bits per heavy atom. The molecule has 2 heterocycles. The van der Waals surface area contributed by atoms with Gasteiger partial charge in [0.2, 0.25) is 5.91 Å². The molecule has 1 saturated heterocycles. The molecule has 4 rings (SSSR count). The Labute approximate surface area is 135 Å². The largest absolute Gasteiger partial charge is 0.440 e. The maximum Gasteiger partial charge on any atom is 0.227 e. The van der Waals surface area contributed by atoms with Gasteiger partial charge in [-0.05, 0) is 50.0 Å². The molecule has 2 fully saturated rings. The summed E-state index contributed by atoms with van der Waals surface area (Å²) in [6.07, 6.45) is 2.34. The standard InChI is InChI=1S/C16H19N3O2.ClH/c1-9(11-7-17-8-11)15(20)18-12-4-5-14-13(6-12)19-16(21-14)10-2-3-10;/h4-6,9-11,17H,2-3,7-8H2,1H3,(H,18,20);1H. The lowest BCUT2D eigenvalue weighted by Crippen LogP contribution is -2.48. The number of nitrogens with zero attached hydrogens (tertiary/aromatic N) is 1. The summed E-state index contributed by atoms with van der Waals surface area (Å²) in [6, 6.07) is 5.67. The average Bonchev–Trinajstić information content (AvgIpc) is 3.17. The van der Waals surface area contributed by atoms with Gasteiger partial charge in [-0.1, -0.05) is 6.92 Å². The Balaban J connectivity index is 0.00000144. The number of amides is 1. The van der Waals surface area contributed by atoms with Gasteiger partial charge < -0.3 is 15.1 Å². The number of benzene rings is 1. The summed E-state index contributed by atoms with van der Waals surface area (Å²) in [7, 11) is 0. The summed E-state index contributed by atoms with van der Waals surface area (Å²) in [5.74, 6) is 1.89. The predicted molar refractivity (Wildman–Crippen MR) is 87.4 cm³/mol. The molecule has 22 heavy (non-hydrogen) atoms. The van der Waals surface area contributed by atoms with Gasteiger partial charge in [-0.3, -0.25) is 4.79 Å². The van der Waals surface area contributed by atoms with Gasteiger partial charge in [0.1, 0.15) is 5.52 Å². The number of rotatable bonds is 4. The highest BCUT2D eigenvalue weighted by atomic mass is 35.5. The van der Waals surface area contributed by atoms with Crippen LogP contribution in [0, 0.1) is 11.8 Å². The van der Waals surface area contributed by atoms with Crippen LogP contribution in [0.4, 0.5) is 5.69 Å². The van der Waals surface area contributed by atoms with E-state index in [9.17, 15) is 4.79 Å². The van der Waals surface area contributed by atoms with Crippen molar-refractivity contribution in [2.45, 2.75) is 25.7 Å². The first kappa shape index (κ1) is 15.3. The molecule has 2 aromatic rings. The Morgan fingerprint density at radius 1 is 1.41 bits per heavy atom. The number of hydrogen-bond donors (Lipinski definition) is 2. The van der Waals surface area contributed by atoms with Crippen LogP contribution in [-0.4, -0.2) is 24.0 Å². The van der Waals surface area contributed by atoms with E-state index in [1.165, 1.54) is 12.8 Å². The molecule has 0 spiro atoms. The van der Waals surface area contributed by atoms with Gasteiger partial charge in [-0.25, -0.2) is 4.98 Å². The van der Waals surface area contributed by atoms with E-state index in [1.807, 2.05) is 25.1 Å². The van der Waals surface area contributed by atoms with Crippen LogP contribution in [0.15, 0.2) is 22.6 Å². The van der Waals surface area contributed by atoms with Gasteiger partial charge in [0.05, 0.1) is 0 Å². The van der Waals surface area contributed by atoms with E-state index >= 15 is 0 Å². The minimum atomic E-state index is 0. The molecule has 1 atom stereocenters. The Hall–Kier alpha value is -1.59. The summed E-state index contributed by atoms with van der Waals surface area (Å²) in [5.41, 5.74) is 2.42. The van der Waals surface area contributed by atoms with E-state index in [-0.39, 0.29) is 24.2 Å². The lowest BCUT2D eigenvalue weighted by molar-refractivity contribution is -0.121. The SMILES string of the molecule is CC(C(=O)Nc1ccc2oc(C3CC3)nc2c1)C1CNC1.Cl. The fraction of sp³-hybridized carbons (Fsp3) is 0.500. The first-order chi connectivity index (χ1) is 10.2. The predicted octanol–water partition coefficient (Wildman–Crippen LogP) is 2.92. The molecule has 1 aliphatic carbocycles. The van der Waals surface area contributed by atoms with Crippen molar-refractivity contribution in [2.75, 3.05) is 18.4 Å². The van der Waals surface area contributed by atoms with Crippen LogP contribution < -0.4 is 10.6 Å². The molecule has 0 radical (unpaired) electrons. The van der Waals surface area contributed by atoms with Gasteiger partial charge in [0.15, 0.2) is 11.5 Å². The third kappa shape index (κ3) is 2.83. The van der Waals surface area contributed by atoms with Crippen LogP contribution >= 0.6 is 12.4 Å². The molecule has 1 saturated carbocycles. The highest BCUT2D eigenvalue weighted by Gasteiger charge is 2.30. The Kier molecular flexibility index (Phi) is 4.10. The molecular weight excluding hydrogens is 302 g/mol. The molecule has 2 aliphatic rings. The van der Waals surface area contributed by atoms with Gasteiger partial charge >= 0.3 is 0 Å². The first-order valence-corrected chi connectivity index (χ1v) is 7.63. The number of nitrogens with one attached hydrogen (secondary N) is 2. The number of carbonyl (C=O) groups is 1. The van der Waals surface area contributed by atoms with Crippen molar-refractivity contribution in [3.63, 3.8) is 0 Å². The average molecular weight is 322 g/mol. The number of anilines is 1. The van der Waals surface area contributed by atoms with Gasteiger partial charge in [-0.15, -0.1) is 12.4 Å². The molecule has 0 bridgehead atoms. The van der Waals surface area contributed by atoms with E-state index in [4.69, 9.17) is 4.42 Å². The van der Waals surface area contributed by atoms with Crippen LogP contribution in [0.25, 0.3) is 11.1 Å². The highest BCUT2D eigenvalue weighted by molar-refractivity contribution is 5.94.